The predicted molar refractivity (Wildman–Crippen MR) is 92.7 cm³/mol. The molecule has 0 radical (unpaired) electrons. The maximum Gasteiger partial charge on any atom is 0.214 e. The average molecular weight is 290 g/mol. The van der Waals surface area contributed by atoms with Crippen molar-refractivity contribution in [2.24, 2.45) is 10.8 Å². The lowest BCUT2D eigenvalue weighted by atomic mass is 9.96. The Bertz CT molecular complexity index is 476. The quantitative estimate of drug-likeness (QED) is 0.460. The number of aryl methyl sites for hydroxylation is 2. The van der Waals surface area contributed by atoms with Crippen LogP contribution >= 0.6 is 0 Å². The highest BCUT2D eigenvalue weighted by atomic mass is 15.4. The van der Waals surface area contributed by atoms with Gasteiger partial charge in [-0.3, -0.25) is 5.43 Å². The number of nitrogens with one attached hydrogen (secondary N) is 1. The Balaban J connectivity index is 3.13. The molecule has 0 heterocycles. The molecule has 0 fully saturated rings. The summed E-state index contributed by atoms with van der Waals surface area (Å²) in [5.41, 5.74) is 14.4. The molecule has 3 N–H and O–H groups in total. The van der Waals surface area contributed by atoms with Gasteiger partial charge in [0.25, 0.3) is 0 Å². The van der Waals surface area contributed by atoms with Crippen LogP contribution < -0.4 is 11.2 Å². The molecule has 1 aromatic carbocycles. The summed E-state index contributed by atoms with van der Waals surface area (Å²) >= 11 is 0. The minimum atomic E-state index is 0.547. The molecule has 4 heteroatoms. The minimum Gasteiger partial charge on any atom is -0.368 e. The first-order valence-corrected chi connectivity index (χ1v) is 8.10. The van der Waals surface area contributed by atoms with Gasteiger partial charge in [0.15, 0.2) is 0 Å². The molecule has 118 valence electrons. The van der Waals surface area contributed by atoms with E-state index in [1.54, 1.807) is 0 Å². The second-order valence-corrected chi connectivity index (χ2v) is 5.05. The first kappa shape index (κ1) is 17.3. The van der Waals surface area contributed by atoms with Crippen LogP contribution in [0.3, 0.4) is 0 Å². The average Bonchev–Trinajstić information content (AvgIpc) is 2.52. The lowest BCUT2D eigenvalue weighted by Gasteiger charge is -2.21. The number of anilines is 1. The largest absolute Gasteiger partial charge is 0.368 e. The Kier molecular flexibility index (Phi) is 7.06. The predicted octanol–water partition coefficient (Wildman–Crippen LogP) is 3.36. The molecule has 0 aliphatic heterocycles. The Hall–Kier alpha value is -1.71. The Morgan fingerprint density at radius 2 is 1.57 bits per heavy atom. The normalized spacial score (nSPS) is 11.6. The zero-order valence-electron chi connectivity index (χ0n) is 14.2. The summed E-state index contributed by atoms with van der Waals surface area (Å²) in [6.07, 6.45) is 3.02. The zero-order valence-corrected chi connectivity index (χ0v) is 14.2. The van der Waals surface area contributed by atoms with Crippen LogP contribution in [-0.4, -0.2) is 23.9 Å². The van der Waals surface area contributed by atoms with E-state index < -0.39 is 0 Å². The van der Waals surface area contributed by atoms with E-state index in [2.05, 4.69) is 57.3 Å². The van der Waals surface area contributed by atoms with Crippen molar-refractivity contribution < 1.29 is 0 Å². The molecule has 0 saturated carbocycles. The van der Waals surface area contributed by atoms with Crippen molar-refractivity contribution in [2.75, 3.05) is 18.5 Å². The van der Waals surface area contributed by atoms with E-state index in [4.69, 9.17) is 5.73 Å². The van der Waals surface area contributed by atoms with Crippen molar-refractivity contribution >= 4 is 11.6 Å². The van der Waals surface area contributed by atoms with Crippen LogP contribution in [0.5, 0.6) is 0 Å². The number of hydrogen-bond donors (Lipinski definition) is 2. The second-order valence-electron chi connectivity index (χ2n) is 5.05. The third-order valence-corrected chi connectivity index (χ3v) is 3.98. The standard InChI is InChI=1S/C17H30N4/c1-6-13-11-12-14(7-2)16(15(13)8-3)19-20-17(18)21(9-4)10-5/h11-12,19H,6-10H2,1-5H3,(H2,18,20). The molecule has 0 spiro atoms. The number of rotatable bonds is 7. The fourth-order valence-corrected chi connectivity index (χ4v) is 2.64. The van der Waals surface area contributed by atoms with Crippen LogP contribution in [0.25, 0.3) is 0 Å². The van der Waals surface area contributed by atoms with Crippen molar-refractivity contribution in [1.29, 1.82) is 0 Å². The third kappa shape index (κ3) is 4.13. The van der Waals surface area contributed by atoms with Gasteiger partial charge in [-0.2, -0.15) is 0 Å². The van der Waals surface area contributed by atoms with Crippen LogP contribution in [-0.2, 0) is 19.3 Å². The van der Waals surface area contributed by atoms with E-state index in [1.807, 2.05) is 4.90 Å². The van der Waals surface area contributed by atoms with Gasteiger partial charge in [-0.25, -0.2) is 0 Å². The van der Waals surface area contributed by atoms with Gasteiger partial charge in [0, 0.05) is 13.1 Å². The Morgan fingerprint density at radius 1 is 1.00 bits per heavy atom. The summed E-state index contributed by atoms with van der Waals surface area (Å²) in [7, 11) is 0. The fourth-order valence-electron chi connectivity index (χ4n) is 2.64. The zero-order chi connectivity index (χ0) is 15.8. The molecule has 0 saturated heterocycles. The molecular formula is C17H30N4. The molecular weight excluding hydrogens is 260 g/mol. The third-order valence-electron chi connectivity index (χ3n) is 3.98. The molecule has 0 aliphatic carbocycles. The van der Waals surface area contributed by atoms with Crippen LogP contribution in [0.1, 0.15) is 51.3 Å². The minimum absolute atomic E-state index is 0.547. The summed E-state index contributed by atoms with van der Waals surface area (Å²) in [4.78, 5) is 2.04. The van der Waals surface area contributed by atoms with E-state index in [0.29, 0.717) is 5.96 Å². The lowest BCUT2D eigenvalue weighted by molar-refractivity contribution is 0.459. The molecule has 0 bridgehead atoms. The highest BCUT2D eigenvalue weighted by molar-refractivity contribution is 5.79. The number of nitrogens with two attached hydrogens (primary N) is 1. The van der Waals surface area contributed by atoms with Gasteiger partial charge in [-0.1, -0.05) is 32.9 Å². The van der Waals surface area contributed by atoms with E-state index in [1.165, 1.54) is 16.7 Å². The smallest absolute Gasteiger partial charge is 0.214 e. The van der Waals surface area contributed by atoms with Crippen molar-refractivity contribution in [3.8, 4) is 0 Å². The number of hydrazone groups is 1. The fraction of sp³-hybridized carbons (Fsp3) is 0.588. The Morgan fingerprint density at radius 3 is 2.05 bits per heavy atom. The number of guanidine groups is 1. The van der Waals surface area contributed by atoms with Crippen molar-refractivity contribution in [2.45, 2.75) is 53.9 Å². The summed E-state index contributed by atoms with van der Waals surface area (Å²) in [5.74, 6) is 0.547. The van der Waals surface area contributed by atoms with E-state index >= 15 is 0 Å². The number of benzene rings is 1. The molecule has 0 atom stereocenters. The van der Waals surface area contributed by atoms with Crippen molar-refractivity contribution in [1.82, 2.24) is 4.90 Å². The van der Waals surface area contributed by atoms with E-state index in [-0.39, 0.29) is 0 Å². The van der Waals surface area contributed by atoms with Crippen molar-refractivity contribution in [3.63, 3.8) is 0 Å². The summed E-state index contributed by atoms with van der Waals surface area (Å²) < 4.78 is 0. The maximum atomic E-state index is 6.05. The molecule has 1 aromatic rings. The molecule has 0 amide bonds. The van der Waals surface area contributed by atoms with Gasteiger partial charge in [0.05, 0.1) is 5.69 Å². The molecule has 1 rings (SSSR count). The number of hydrogen-bond acceptors (Lipinski definition) is 2. The van der Waals surface area contributed by atoms with Crippen molar-refractivity contribution in [3.05, 3.63) is 28.8 Å². The number of nitrogens with zero attached hydrogens (tertiary/aromatic N) is 2. The molecule has 4 nitrogen and oxygen atoms in total. The maximum absolute atomic E-state index is 6.05. The van der Waals surface area contributed by atoms with Crippen LogP contribution in [0.2, 0.25) is 0 Å². The second kappa shape index (κ2) is 8.55. The van der Waals surface area contributed by atoms with Crippen LogP contribution in [0.4, 0.5) is 5.69 Å². The molecule has 21 heavy (non-hydrogen) atoms. The highest BCUT2D eigenvalue weighted by Crippen LogP contribution is 2.26. The molecule has 0 aromatic heterocycles. The van der Waals surface area contributed by atoms with Gasteiger partial charge < -0.3 is 10.6 Å². The van der Waals surface area contributed by atoms with Gasteiger partial charge in [0.2, 0.25) is 5.96 Å². The first-order chi connectivity index (χ1) is 10.1. The molecule has 0 unspecified atom stereocenters. The van der Waals surface area contributed by atoms with Gasteiger partial charge >= 0.3 is 0 Å². The summed E-state index contributed by atoms with van der Waals surface area (Å²) in [6, 6.07) is 4.43. The van der Waals surface area contributed by atoms with Gasteiger partial charge in [-0.05, 0) is 49.8 Å². The topological polar surface area (TPSA) is 53.6 Å². The van der Waals surface area contributed by atoms with Crippen LogP contribution in [0, 0.1) is 0 Å². The molecule has 0 aliphatic rings. The van der Waals surface area contributed by atoms with E-state index in [0.717, 1.165) is 38.0 Å². The van der Waals surface area contributed by atoms with Gasteiger partial charge in [0.1, 0.15) is 0 Å². The van der Waals surface area contributed by atoms with Crippen LogP contribution in [0.15, 0.2) is 17.2 Å². The summed E-state index contributed by atoms with van der Waals surface area (Å²) in [6.45, 7) is 12.4. The monoisotopic (exact) mass is 290 g/mol. The SMILES string of the molecule is CCc1ccc(CC)c(NN=C(N)N(CC)CC)c1CC. The highest BCUT2D eigenvalue weighted by Gasteiger charge is 2.11. The van der Waals surface area contributed by atoms with Gasteiger partial charge in [-0.15, -0.1) is 5.10 Å². The Labute approximate surface area is 129 Å². The summed E-state index contributed by atoms with van der Waals surface area (Å²) in [5, 5.41) is 4.40. The lowest BCUT2D eigenvalue weighted by Crippen LogP contribution is -2.37. The van der Waals surface area contributed by atoms with E-state index in [9.17, 15) is 0 Å². The first-order valence-electron chi connectivity index (χ1n) is 8.10.